The van der Waals surface area contributed by atoms with Gasteiger partial charge in [0, 0.05) is 38.4 Å². The van der Waals surface area contributed by atoms with Gasteiger partial charge in [-0.05, 0) is 73.8 Å². The van der Waals surface area contributed by atoms with E-state index in [4.69, 9.17) is 19.4 Å². The van der Waals surface area contributed by atoms with Gasteiger partial charge in [-0.1, -0.05) is 170 Å². The fourth-order valence-electron chi connectivity index (χ4n) is 8.74. The zero-order valence-electron chi connectivity index (χ0n) is 31.8. The minimum absolute atomic E-state index is 0.655. The SMILES string of the molecule is c1ccc2cc(-c3cc(-c4ccc(-c5cc6ccccc6c6ccccc56)cc4)nc(-c4ccc(-c5nc6ccccc6c6c5oc5ccccc56)cc4)n3)ccc2c1. The number of aromatic nitrogens is 3. The molecule has 12 rings (SSSR count). The molecule has 0 aliphatic heterocycles. The van der Waals surface area contributed by atoms with Gasteiger partial charge in [-0.3, -0.25) is 0 Å². The summed E-state index contributed by atoms with van der Waals surface area (Å²) < 4.78 is 6.51. The fraction of sp³-hybridized carbons (Fsp3) is 0. The lowest BCUT2D eigenvalue weighted by Gasteiger charge is -2.13. The third kappa shape index (κ3) is 5.57. The molecule has 0 amide bonds. The second-order valence-corrected chi connectivity index (χ2v) is 15.1. The van der Waals surface area contributed by atoms with E-state index in [0.29, 0.717) is 5.82 Å². The summed E-state index contributed by atoms with van der Waals surface area (Å²) in [7, 11) is 0. The normalized spacial score (nSPS) is 11.7. The van der Waals surface area contributed by atoms with Crippen LogP contribution in [0.4, 0.5) is 0 Å². The van der Waals surface area contributed by atoms with E-state index in [0.717, 1.165) is 77.7 Å². The standard InChI is InChI=1S/C55H33N3O/c1-2-12-39-31-41(30-21-34(39)11-1)50-33-49(36-24-22-35(23-25-36)47-32-40-13-3-4-14-42(40)43-15-5-6-16-44(43)47)57-55(58-50)38-28-26-37(27-29-38)53-54-52(45-17-7-9-19-48(45)56-53)46-18-8-10-20-51(46)59-54/h1-33H. The van der Waals surface area contributed by atoms with Crippen molar-refractivity contribution in [3.05, 3.63) is 200 Å². The molecule has 0 N–H and O–H groups in total. The number of hydrogen-bond acceptors (Lipinski definition) is 4. The van der Waals surface area contributed by atoms with Gasteiger partial charge >= 0.3 is 0 Å². The monoisotopic (exact) mass is 751 g/mol. The van der Waals surface area contributed by atoms with Crippen LogP contribution in [0.5, 0.6) is 0 Å². The topological polar surface area (TPSA) is 51.8 Å². The Morgan fingerprint density at radius 2 is 0.915 bits per heavy atom. The number of nitrogens with zero attached hydrogens (tertiary/aromatic N) is 3. The Hall–Kier alpha value is -7.95. The van der Waals surface area contributed by atoms with Crippen LogP contribution >= 0.6 is 0 Å². The smallest absolute Gasteiger partial charge is 0.162 e. The lowest BCUT2D eigenvalue weighted by molar-refractivity contribution is 0.669. The number of para-hydroxylation sites is 2. The summed E-state index contributed by atoms with van der Waals surface area (Å²) in [5, 5.41) is 10.6. The van der Waals surface area contributed by atoms with Crippen LogP contribution in [0.25, 0.3) is 121 Å². The van der Waals surface area contributed by atoms with Crippen LogP contribution < -0.4 is 0 Å². The molecule has 12 aromatic rings. The van der Waals surface area contributed by atoms with Gasteiger partial charge in [-0.15, -0.1) is 0 Å². The molecule has 4 nitrogen and oxygen atoms in total. The molecule has 0 aliphatic rings. The van der Waals surface area contributed by atoms with E-state index in [1.54, 1.807) is 0 Å². The molecule has 0 spiro atoms. The first-order valence-electron chi connectivity index (χ1n) is 19.9. The van der Waals surface area contributed by atoms with E-state index in [2.05, 4.69) is 182 Å². The molecular weight excluding hydrogens is 719 g/mol. The van der Waals surface area contributed by atoms with Gasteiger partial charge in [0.1, 0.15) is 11.3 Å². The maximum atomic E-state index is 6.51. The Kier molecular flexibility index (Phi) is 7.50. The van der Waals surface area contributed by atoms with Crippen LogP contribution in [0.3, 0.4) is 0 Å². The number of rotatable bonds is 5. The van der Waals surface area contributed by atoms with Crippen LogP contribution in [0, 0.1) is 0 Å². The van der Waals surface area contributed by atoms with Gasteiger partial charge in [0.25, 0.3) is 0 Å². The average Bonchev–Trinajstić information content (AvgIpc) is 3.71. The van der Waals surface area contributed by atoms with Crippen molar-refractivity contribution in [3.8, 4) is 56.3 Å². The molecule has 0 atom stereocenters. The fourth-order valence-corrected chi connectivity index (χ4v) is 8.74. The van der Waals surface area contributed by atoms with Gasteiger partial charge in [-0.2, -0.15) is 0 Å². The highest BCUT2D eigenvalue weighted by Crippen LogP contribution is 2.40. The first kappa shape index (κ1) is 33.2. The molecule has 9 aromatic carbocycles. The largest absolute Gasteiger partial charge is 0.454 e. The van der Waals surface area contributed by atoms with Gasteiger partial charge in [-0.25, -0.2) is 15.0 Å². The molecule has 274 valence electrons. The van der Waals surface area contributed by atoms with E-state index in [9.17, 15) is 0 Å². The Morgan fingerprint density at radius 3 is 1.73 bits per heavy atom. The van der Waals surface area contributed by atoms with E-state index in [1.807, 2.05) is 18.2 Å². The Labute approximate surface area is 339 Å². The van der Waals surface area contributed by atoms with Crippen LogP contribution in [0.1, 0.15) is 0 Å². The van der Waals surface area contributed by atoms with Gasteiger partial charge in [0.15, 0.2) is 11.4 Å². The van der Waals surface area contributed by atoms with Gasteiger partial charge in [0.05, 0.1) is 16.9 Å². The summed E-state index contributed by atoms with van der Waals surface area (Å²) in [4.78, 5) is 15.6. The first-order valence-corrected chi connectivity index (χ1v) is 19.9. The van der Waals surface area contributed by atoms with Crippen LogP contribution in [-0.4, -0.2) is 15.0 Å². The first-order chi connectivity index (χ1) is 29.2. The zero-order chi connectivity index (χ0) is 38.9. The van der Waals surface area contributed by atoms with Crippen molar-refractivity contribution in [2.45, 2.75) is 0 Å². The number of furan rings is 1. The Morgan fingerprint density at radius 1 is 0.339 bits per heavy atom. The van der Waals surface area contributed by atoms with Crippen LogP contribution in [0.15, 0.2) is 205 Å². The van der Waals surface area contributed by atoms with Crippen LogP contribution in [0.2, 0.25) is 0 Å². The molecule has 0 fully saturated rings. The van der Waals surface area contributed by atoms with Gasteiger partial charge < -0.3 is 4.42 Å². The van der Waals surface area contributed by atoms with Crippen molar-refractivity contribution in [2.24, 2.45) is 0 Å². The minimum atomic E-state index is 0.655. The second kappa shape index (κ2) is 13.3. The van der Waals surface area contributed by atoms with Crippen molar-refractivity contribution >= 4 is 65.2 Å². The number of benzene rings is 9. The number of fused-ring (bicyclic) bond motifs is 9. The highest BCUT2D eigenvalue weighted by Gasteiger charge is 2.19. The summed E-state index contributed by atoms with van der Waals surface area (Å²) >= 11 is 0. The minimum Gasteiger partial charge on any atom is -0.454 e. The maximum Gasteiger partial charge on any atom is 0.162 e. The Bertz CT molecular complexity index is 3600. The molecule has 3 heterocycles. The molecule has 3 aromatic heterocycles. The third-order valence-corrected chi connectivity index (χ3v) is 11.7. The third-order valence-electron chi connectivity index (χ3n) is 11.7. The number of pyridine rings is 1. The molecule has 0 bridgehead atoms. The second-order valence-electron chi connectivity index (χ2n) is 15.1. The van der Waals surface area contributed by atoms with Crippen molar-refractivity contribution in [1.82, 2.24) is 15.0 Å². The van der Waals surface area contributed by atoms with E-state index in [-0.39, 0.29) is 0 Å². The molecule has 59 heavy (non-hydrogen) atoms. The molecule has 4 heteroatoms. The van der Waals surface area contributed by atoms with E-state index < -0.39 is 0 Å². The molecule has 0 saturated carbocycles. The van der Waals surface area contributed by atoms with Crippen LogP contribution in [-0.2, 0) is 0 Å². The molecular formula is C55H33N3O. The highest BCUT2D eigenvalue weighted by atomic mass is 16.3. The lowest BCUT2D eigenvalue weighted by Crippen LogP contribution is -1.96. The molecule has 0 aliphatic carbocycles. The lowest BCUT2D eigenvalue weighted by atomic mass is 9.92. The van der Waals surface area contributed by atoms with Crippen molar-refractivity contribution in [1.29, 1.82) is 0 Å². The molecule has 0 saturated heterocycles. The predicted molar refractivity (Wildman–Crippen MR) is 244 cm³/mol. The van der Waals surface area contributed by atoms with Crippen molar-refractivity contribution in [3.63, 3.8) is 0 Å². The average molecular weight is 752 g/mol. The maximum absolute atomic E-state index is 6.51. The Balaban J connectivity index is 0.980. The summed E-state index contributed by atoms with van der Waals surface area (Å²) in [5.74, 6) is 0.655. The van der Waals surface area contributed by atoms with E-state index in [1.165, 1.54) is 37.9 Å². The predicted octanol–water partition coefficient (Wildman–Crippen LogP) is 14.7. The van der Waals surface area contributed by atoms with Crippen molar-refractivity contribution in [2.75, 3.05) is 0 Å². The molecule has 0 radical (unpaired) electrons. The zero-order valence-corrected chi connectivity index (χ0v) is 31.8. The summed E-state index contributed by atoms with van der Waals surface area (Å²) in [6.45, 7) is 0. The number of hydrogen-bond donors (Lipinski definition) is 0. The highest BCUT2D eigenvalue weighted by molar-refractivity contribution is 6.21. The van der Waals surface area contributed by atoms with E-state index >= 15 is 0 Å². The molecule has 0 unspecified atom stereocenters. The summed E-state index contributed by atoms with van der Waals surface area (Å²) in [6.07, 6.45) is 0. The van der Waals surface area contributed by atoms with Crippen molar-refractivity contribution < 1.29 is 4.42 Å². The summed E-state index contributed by atoms with van der Waals surface area (Å²) in [6, 6.07) is 70.4. The summed E-state index contributed by atoms with van der Waals surface area (Å²) in [5.41, 5.74) is 11.4. The van der Waals surface area contributed by atoms with Gasteiger partial charge in [0.2, 0.25) is 0 Å². The quantitative estimate of drug-likeness (QED) is 0.164.